The van der Waals surface area contributed by atoms with Crippen LogP contribution in [0.3, 0.4) is 0 Å². The fourth-order valence-electron chi connectivity index (χ4n) is 1.61. The lowest BCUT2D eigenvalue weighted by Crippen LogP contribution is -2.00. The van der Waals surface area contributed by atoms with Gasteiger partial charge in [-0.2, -0.15) is 0 Å². The lowest BCUT2D eigenvalue weighted by molar-refractivity contribution is 0.414. The van der Waals surface area contributed by atoms with Gasteiger partial charge in [-0.3, -0.25) is 0 Å². The number of rotatable bonds is 4. The van der Waals surface area contributed by atoms with E-state index in [9.17, 15) is 0 Å². The first-order valence-corrected chi connectivity index (χ1v) is 6.68. The van der Waals surface area contributed by atoms with E-state index in [0.717, 1.165) is 28.0 Å². The summed E-state index contributed by atoms with van der Waals surface area (Å²) in [4.78, 5) is 0. The summed E-state index contributed by atoms with van der Waals surface area (Å²) in [6.07, 6.45) is 0. The lowest BCUT2D eigenvalue weighted by atomic mass is 10.2. The maximum Gasteiger partial charge on any atom is 0.119 e. The topological polar surface area (TPSA) is 21.3 Å². The summed E-state index contributed by atoms with van der Waals surface area (Å²) in [6.45, 7) is 0.734. The highest BCUT2D eigenvalue weighted by Gasteiger charge is 2.01. The Morgan fingerprint density at radius 3 is 2.78 bits per heavy atom. The predicted molar refractivity (Wildman–Crippen MR) is 79.5 cm³/mol. The maximum atomic E-state index is 5.90. The molecule has 0 fully saturated rings. The van der Waals surface area contributed by atoms with Crippen molar-refractivity contribution in [3.63, 3.8) is 0 Å². The van der Waals surface area contributed by atoms with E-state index in [2.05, 4.69) is 27.3 Å². The Morgan fingerprint density at radius 2 is 2.06 bits per heavy atom. The zero-order valence-electron chi connectivity index (χ0n) is 9.91. The first-order valence-electron chi connectivity index (χ1n) is 5.51. The van der Waals surface area contributed by atoms with Crippen molar-refractivity contribution >= 4 is 33.2 Å². The van der Waals surface area contributed by atoms with E-state index in [1.54, 1.807) is 7.11 Å². The molecule has 0 amide bonds. The van der Waals surface area contributed by atoms with Crippen LogP contribution in [0.15, 0.2) is 46.9 Å². The molecule has 0 atom stereocenters. The summed E-state index contributed by atoms with van der Waals surface area (Å²) in [7, 11) is 1.67. The van der Waals surface area contributed by atoms with E-state index in [1.165, 1.54) is 0 Å². The first kappa shape index (κ1) is 13.2. The monoisotopic (exact) mass is 325 g/mol. The molecule has 94 valence electrons. The minimum absolute atomic E-state index is 0.716. The number of ether oxygens (including phenoxy) is 1. The highest BCUT2D eigenvalue weighted by molar-refractivity contribution is 9.10. The molecule has 2 aromatic carbocycles. The predicted octanol–water partition coefficient (Wildman–Crippen LogP) is 4.72. The molecule has 0 spiro atoms. The van der Waals surface area contributed by atoms with E-state index in [0.29, 0.717) is 5.02 Å². The Bertz CT molecular complexity index is 545. The fraction of sp³-hybridized carbons (Fsp3) is 0.143. The van der Waals surface area contributed by atoms with E-state index in [1.807, 2.05) is 36.4 Å². The second-order valence-corrected chi connectivity index (χ2v) is 5.12. The van der Waals surface area contributed by atoms with Crippen molar-refractivity contribution in [2.45, 2.75) is 6.54 Å². The molecule has 0 aromatic heterocycles. The molecule has 0 aliphatic rings. The van der Waals surface area contributed by atoms with E-state index >= 15 is 0 Å². The quantitative estimate of drug-likeness (QED) is 0.877. The van der Waals surface area contributed by atoms with Gasteiger partial charge in [-0.1, -0.05) is 23.7 Å². The zero-order valence-corrected chi connectivity index (χ0v) is 12.3. The third-order valence-corrected chi connectivity index (χ3v) is 3.44. The van der Waals surface area contributed by atoms with E-state index < -0.39 is 0 Å². The van der Waals surface area contributed by atoms with Crippen LogP contribution in [0, 0.1) is 0 Å². The average Bonchev–Trinajstić information content (AvgIpc) is 2.38. The molecule has 2 rings (SSSR count). The second kappa shape index (κ2) is 6.12. The molecular formula is C14H13BrClNO. The number of methoxy groups -OCH3 is 1. The molecule has 18 heavy (non-hydrogen) atoms. The molecule has 0 unspecified atom stereocenters. The maximum absolute atomic E-state index is 5.90. The molecule has 4 heteroatoms. The number of benzene rings is 2. The van der Waals surface area contributed by atoms with E-state index in [4.69, 9.17) is 16.3 Å². The van der Waals surface area contributed by atoms with Crippen LogP contribution in [-0.2, 0) is 6.54 Å². The number of halogens is 2. The highest BCUT2D eigenvalue weighted by atomic mass is 79.9. The molecule has 2 aromatic rings. The van der Waals surface area contributed by atoms with Gasteiger partial charge in [-0.05, 0) is 51.8 Å². The third-order valence-electron chi connectivity index (χ3n) is 2.55. The van der Waals surface area contributed by atoms with Gasteiger partial charge in [0.2, 0.25) is 0 Å². The van der Waals surface area contributed by atoms with Crippen LogP contribution in [0.1, 0.15) is 5.56 Å². The molecule has 0 bridgehead atoms. The van der Waals surface area contributed by atoms with Crippen LogP contribution >= 0.6 is 27.5 Å². The summed E-state index contributed by atoms with van der Waals surface area (Å²) in [5.41, 5.74) is 2.18. The molecule has 0 heterocycles. The van der Waals surface area contributed by atoms with Gasteiger partial charge in [0.1, 0.15) is 5.75 Å². The minimum Gasteiger partial charge on any atom is -0.497 e. The molecule has 0 saturated carbocycles. The van der Waals surface area contributed by atoms with Gasteiger partial charge in [0.25, 0.3) is 0 Å². The first-order chi connectivity index (χ1) is 8.69. The number of nitrogens with one attached hydrogen (secondary N) is 1. The van der Waals surface area contributed by atoms with Gasteiger partial charge in [0.05, 0.1) is 7.11 Å². The van der Waals surface area contributed by atoms with Gasteiger partial charge in [-0.15, -0.1) is 0 Å². The largest absolute Gasteiger partial charge is 0.497 e. The zero-order chi connectivity index (χ0) is 13.0. The minimum atomic E-state index is 0.716. The summed E-state index contributed by atoms with van der Waals surface area (Å²) in [6, 6.07) is 13.7. The Labute approximate surface area is 120 Å². The summed E-state index contributed by atoms with van der Waals surface area (Å²) >= 11 is 9.38. The van der Waals surface area contributed by atoms with Crippen LogP contribution in [-0.4, -0.2) is 7.11 Å². The average molecular weight is 327 g/mol. The summed E-state index contributed by atoms with van der Waals surface area (Å²) in [5.74, 6) is 0.865. The molecular weight excluding hydrogens is 314 g/mol. The number of hydrogen-bond acceptors (Lipinski definition) is 2. The molecule has 1 N–H and O–H groups in total. The Kier molecular flexibility index (Phi) is 4.50. The van der Waals surface area contributed by atoms with Crippen molar-refractivity contribution < 1.29 is 4.74 Å². The van der Waals surface area contributed by atoms with Gasteiger partial charge < -0.3 is 10.1 Å². The molecule has 0 radical (unpaired) electrons. The van der Waals surface area contributed by atoms with Crippen molar-refractivity contribution in [3.8, 4) is 5.75 Å². The Morgan fingerprint density at radius 1 is 1.22 bits per heavy atom. The molecule has 0 aliphatic carbocycles. The van der Waals surface area contributed by atoms with Gasteiger partial charge in [0, 0.05) is 21.7 Å². The fourth-order valence-corrected chi connectivity index (χ4v) is 2.44. The van der Waals surface area contributed by atoms with Crippen LogP contribution in [0.5, 0.6) is 5.75 Å². The van der Waals surface area contributed by atoms with Crippen molar-refractivity contribution in [1.29, 1.82) is 0 Å². The SMILES string of the molecule is COc1cccc(CNc2ccc(Cl)cc2Br)c1. The lowest BCUT2D eigenvalue weighted by Gasteiger charge is -2.09. The third kappa shape index (κ3) is 3.40. The van der Waals surface area contributed by atoms with E-state index in [-0.39, 0.29) is 0 Å². The number of anilines is 1. The van der Waals surface area contributed by atoms with Crippen molar-refractivity contribution in [1.82, 2.24) is 0 Å². The van der Waals surface area contributed by atoms with Gasteiger partial charge >= 0.3 is 0 Å². The van der Waals surface area contributed by atoms with Crippen LogP contribution in [0.2, 0.25) is 5.02 Å². The summed E-state index contributed by atoms with van der Waals surface area (Å²) < 4.78 is 6.15. The normalized spacial score (nSPS) is 10.2. The van der Waals surface area contributed by atoms with Gasteiger partial charge in [0.15, 0.2) is 0 Å². The van der Waals surface area contributed by atoms with Crippen LogP contribution in [0.4, 0.5) is 5.69 Å². The van der Waals surface area contributed by atoms with Crippen molar-refractivity contribution in [3.05, 3.63) is 57.5 Å². The van der Waals surface area contributed by atoms with Crippen LogP contribution < -0.4 is 10.1 Å². The number of hydrogen-bond donors (Lipinski definition) is 1. The molecule has 2 nitrogen and oxygen atoms in total. The molecule has 0 aliphatic heterocycles. The highest BCUT2D eigenvalue weighted by Crippen LogP contribution is 2.26. The Balaban J connectivity index is 2.06. The second-order valence-electron chi connectivity index (χ2n) is 3.83. The smallest absolute Gasteiger partial charge is 0.119 e. The standard InChI is InChI=1S/C14H13BrClNO/c1-18-12-4-2-3-10(7-12)9-17-14-6-5-11(16)8-13(14)15/h2-8,17H,9H2,1H3. The van der Waals surface area contributed by atoms with Gasteiger partial charge in [-0.25, -0.2) is 0 Å². The van der Waals surface area contributed by atoms with Crippen LogP contribution in [0.25, 0.3) is 0 Å². The summed E-state index contributed by atoms with van der Waals surface area (Å²) in [5, 5.41) is 4.06. The Hall–Kier alpha value is -1.19. The molecule has 0 saturated heterocycles. The van der Waals surface area contributed by atoms with Crippen molar-refractivity contribution in [2.75, 3.05) is 12.4 Å². The van der Waals surface area contributed by atoms with Crippen molar-refractivity contribution in [2.24, 2.45) is 0 Å².